The van der Waals surface area contributed by atoms with Gasteiger partial charge in [0.15, 0.2) is 0 Å². The molecule has 0 bridgehead atoms. The topological polar surface area (TPSA) is 78.5 Å². The summed E-state index contributed by atoms with van der Waals surface area (Å²) in [4.78, 5) is 36.2. The van der Waals surface area contributed by atoms with Gasteiger partial charge in [-0.3, -0.25) is 14.5 Å². The van der Waals surface area contributed by atoms with E-state index < -0.39 is 0 Å². The highest BCUT2D eigenvalue weighted by Gasteiger charge is 2.27. The largest absolute Gasteiger partial charge is 0.338 e. The van der Waals surface area contributed by atoms with Gasteiger partial charge in [-0.25, -0.2) is 4.79 Å². The molecule has 1 atom stereocenters. The molecular weight excluding hydrogens is 306 g/mol. The molecule has 2 N–H and O–H groups in total. The lowest BCUT2D eigenvalue weighted by Crippen LogP contribution is -2.39. The van der Waals surface area contributed by atoms with E-state index in [4.69, 9.17) is 0 Å². The summed E-state index contributed by atoms with van der Waals surface area (Å²) in [5, 5.41) is 5.68. The SMILES string of the molecule is Cc1ccc(C)c([C@@H](C)NC(=O)NCCCN2C(=O)CCC2=O)c1. The summed E-state index contributed by atoms with van der Waals surface area (Å²) in [6.07, 6.45) is 1.17. The lowest BCUT2D eigenvalue weighted by molar-refractivity contribution is -0.138. The van der Waals surface area contributed by atoms with Gasteiger partial charge in [0.1, 0.15) is 0 Å². The second kappa shape index (κ2) is 7.95. The van der Waals surface area contributed by atoms with Gasteiger partial charge in [-0.1, -0.05) is 23.8 Å². The molecule has 6 heteroatoms. The maximum absolute atomic E-state index is 12.0. The first-order valence-electron chi connectivity index (χ1n) is 8.33. The normalized spacial score (nSPS) is 15.5. The first kappa shape index (κ1) is 18.0. The Morgan fingerprint density at radius 1 is 1.21 bits per heavy atom. The molecule has 130 valence electrons. The number of hydrogen-bond acceptors (Lipinski definition) is 3. The van der Waals surface area contributed by atoms with Crippen molar-refractivity contribution in [1.82, 2.24) is 15.5 Å². The number of rotatable bonds is 6. The summed E-state index contributed by atoms with van der Waals surface area (Å²) in [6, 6.07) is 5.83. The third-order valence-electron chi connectivity index (χ3n) is 4.25. The Labute approximate surface area is 142 Å². The predicted octanol–water partition coefficient (Wildman–Crippen LogP) is 2.20. The van der Waals surface area contributed by atoms with E-state index in [1.807, 2.05) is 32.9 Å². The summed E-state index contributed by atoms with van der Waals surface area (Å²) >= 11 is 0. The van der Waals surface area contributed by atoms with Gasteiger partial charge >= 0.3 is 6.03 Å². The molecule has 1 heterocycles. The fraction of sp³-hybridized carbons (Fsp3) is 0.500. The van der Waals surface area contributed by atoms with Crippen molar-refractivity contribution in [1.29, 1.82) is 0 Å². The molecule has 4 amide bonds. The van der Waals surface area contributed by atoms with Gasteiger partial charge in [0.25, 0.3) is 0 Å². The molecule has 0 unspecified atom stereocenters. The number of benzene rings is 1. The van der Waals surface area contributed by atoms with E-state index in [1.165, 1.54) is 4.90 Å². The van der Waals surface area contributed by atoms with E-state index in [9.17, 15) is 14.4 Å². The Bertz CT molecular complexity index is 626. The minimum absolute atomic E-state index is 0.0911. The Balaban J connectivity index is 1.74. The van der Waals surface area contributed by atoms with E-state index >= 15 is 0 Å². The third-order valence-corrected chi connectivity index (χ3v) is 4.25. The molecule has 0 radical (unpaired) electrons. The lowest BCUT2D eigenvalue weighted by Gasteiger charge is -2.18. The number of hydrogen-bond donors (Lipinski definition) is 2. The lowest BCUT2D eigenvalue weighted by atomic mass is 10.0. The molecule has 1 aromatic carbocycles. The van der Waals surface area contributed by atoms with Gasteiger partial charge in [0, 0.05) is 25.9 Å². The van der Waals surface area contributed by atoms with Gasteiger partial charge in [-0.05, 0) is 38.3 Å². The van der Waals surface area contributed by atoms with Gasteiger partial charge in [0.2, 0.25) is 11.8 Å². The molecule has 2 rings (SSSR count). The van der Waals surface area contributed by atoms with Crippen LogP contribution in [0.1, 0.15) is 48.9 Å². The fourth-order valence-electron chi connectivity index (χ4n) is 2.86. The average Bonchev–Trinajstić information content (AvgIpc) is 2.85. The maximum atomic E-state index is 12.0. The van der Waals surface area contributed by atoms with Gasteiger partial charge in [0.05, 0.1) is 6.04 Å². The number of imide groups is 1. The van der Waals surface area contributed by atoms with Crippen LogP contribution in [0.15, 0.2) is 18.2 Å². The molecule has 6 nitrogen and oxygen atoms in total. The number of carbonyl (C=O) groups excluding carboxylic acids is 3. The number of nitrogens with zero attached hydrogens (tertiary/aromatic N) is 1. The standard InChI is InChI=1S/C18H25N3O3/c1-12-5-6-13(2)15(11-12)14(3)20-18(24)19-9-4-10-21-16(22)7-8-17(21)23/h5-6,11,14H,4,7-10H2,1-3H3,(H2,19,20,24)/t14-/m1/s1. The number of likely N-dealkylation sites (tertiary alicyclic amines) is 1. The van der Waals surface area contributed by atoms with Crippen LogP contribution in [0.5, 0.6) is 0 Å². The minimum Gasteiger partial charge on any atom is -0.338 e. The van der Waals surface area contributed by atoms with Crippen molar-refractivity contribution in [2.24, 2.45) is 0 Å². The first-order chi connectivity index (χ1) is 11.4. The summed E-state index contributed by atoms with van der Waals surface area (Å²) < 4.78 is 0. The average molecular weight is 331 g/mol. The van der Waals surface area contributed by atoms with Crippen LogP contribution in [0.3, 0.4) is 0 Å². The molecule has 0 saturated carbocycles. The Hall–Kier alpha value is -2.37. The van der Waals surface area contributed by atoms with Crippen molar-refractivity contribution >= 4 is 17.8 Å². The molecule has 0 aliphatic carbocycles. The monoisotopic (exact) mass is 331 g/mol. The van der Waals surface area contributed by atoms with Crippen LogP contribution in [0.4, 0.5) is 4.79 Å². The minimum atomic E-state index is -0.248. The first-order valence-corrected chi connectivity index (χ1v) is 8.33. The number of nitrogens with one attached hydrogen (secondary N) is 2. The zero-order valence-electron chi connectivity index (χ0n) is 14.5. The van der Waals surface area contributed by atoms with E-state index in [-0.39, 0.29) is 23.9 Å². The molecular formula is C18H25N3O3. The summed E-state index contributed by atoms with van der Waals surface area (Å²) in [5.74, 6) is -0.235. The summed E-state index contributed by atoms with van der Waals surface area (Å²) in [5.41, 5.74) is 3.39. The van der Waals surface area contributed by atoms with Crippen molar-refractivity contribution in [2.75, 3.05) is 13.1 Å². The molecule has 1 aliphatic heterocycles. The Morgan fingerprint density at radius 2 is 1.88 bits per heavy atom. The van der Waals surface area contributed by atoms with E-state index in [2.05, 4.69) is 16.7 Å². The maximum Gasteiger partial charge on any atom is 0.315 e. The zero-order valence-corrected chi connectivity index (χ0v) is 14.5. The highest BCUT2D eigenvalue weighted by Crippen LogP contribution is 2.18. The van der Waals surface area contributed by atoms with Gasteiger partial charge < -0.3 is 10.6 Å². The van der Waals surface area contributed by atoms with Crippen LogP contribution in [-0.2, 0) is 9.59 Å². The molecule has 1 aliphatic rings. The highest BCUT2D eigenvalue weighted by atomic mass is 16.2. The summed E-state index contributed by atoms with van der Waals surface area (Å²) in [6.45, 7) is 6.78. The van der Waals surface area contributed by atoms with E-state index in [1.54, 1.807) is 0 Å². The van der Waals surface area contributed by atoms with Crippen molar-refractivity contribution in [3.63, 3.8) is 0 Å². The zero-order chi connectivity index (χ0) is 17.7. The molecule has 0 aromatic heterocycles. The molecule has 24 heavy (non-hydrogen) atoms. The number of aryl methyl sites for hydroxylation is 2. The number of amides is 4. The summed E-state index contributed by atoms with van der Waals surface area (Å²) in [7, 11) is 0. The van der Waals surface area contributed by atoms with Crippen LogP contribution in [-0.4, -0.2) is 35.8 Å². The van der Waals surface area contributed by atoms with Gasteiger partial charge in [-0.2, -0.15) is 0 Å². The van der Waals surface area contributed by atoms with Crippen molar-refractivity contribution in [3.8, 4) is 0 Å². The Morgan fingerprint density at radius 3 is 2.54 bits per heavy atom. The predicted molar refractivity (Wildman–Crippen MR) is 91.4 cm³/mol. The Kier molecular flexibility index (Phi) is 5.95. The van der Waals surface area contributed by atoms with Crippen LogP contribution in [0, 0.1) is 13.8 Å². The van der Waals surface area contributed by atoms with E-state index in [0.717, 1.165) is 16.7 Å². The third kappa shape index (κ3) is 4.57. The van der Waals surface area contributed by atoms with Crippen LogP contribution < -0.4 is 10.6 Å². The fourth-order valence-corrected chi connectivity index (χ4v) is 2.86. The quantitative estimate of drug-likeness (QED) is 0.619. The smallest absolute Gasteiger partial charge is 0.315 e. The second-order valence-corrected chi connectivity index (χ2v) is 6.27. The van der Waals surface area contributed by atoms with Gasteiger partial charge in [-0.15, -0.1) is 0 Å². The number of urea groups is 1. The van der Waals surface area contributed by atoms with Crippen LogP contribution in [0.25, 0.3) is 0 Å². The van der Waals surface area contributed by atoms with E-state index in [0.29, 0.717) is 32.4 Å². The molecule has 0 spiro atoms. The van der Waals surface area contributed by atoms with Crippen molar-refractivity contribution in [2.45, 2.75) is 46.1 Å². The molecule has 1 saturated heterocycles. The highest BCUT2D eigenvalue weighted by molar-refractivity contribution is 6.01. The van der Waals surface area contributed by atoms with Crippen molar-refractivity contribution < 1.29 is 14.4 Å². The van der Waals surface area contributed by atoms with Crippen LogP contribution in [0.2, 0.25) is 0 Å². The molecule has 1 fully saturated rings. The van der Waals surface area contributed by atoms with Crippen LogP contribution >= 0.6 is 0 Å². The van der Waals surface area contributed by atoms with Crippen molar-refractivity contribution in [3.05, 3.63) is 34.9 Å². The number of carbonyl (C=O) groups is 3. The molecule has 1 aromatic rings. The second-order valence-electron chi connectivity index (χ2n) is 6.27.